The van der Waals surface area contributed by atoms with Gasteiger partial charge in [0.25, 0.3) is 0 Å². The summed E-state index contributed by atoms with van der Waals surface area (Å²) in [5, 5.41) is 0.287. The Morgan fingerprint density at radius 2 is 1.16 bits per heavy atom. The van der Waals surface area contributed by atoms with Crippen molar-refractivity contribution < 1.29 is 34.7 Å². The van der Waals surface area contributed by atoms with E-state index >= 15 is 0 Å². The Labute approximate surface area is 187 Å². The molecule has 14 heteroatoms. The number of halogens is 5. The first-order valence-corrected chi connectivity index (χ1v) is 12.2. The van der Waals surface area contributed by atoms with Crippen molar-refractivity contribution in [3.63, 3.8) is 0 Å². The van der Waals surface area contributed by atoms with Gasteiger partial charge >= 0.3 is 6.36 Å². The molecule has 0 aliphatic carbocycles. The molecule has 0 bridgehead atoms. The van der Waals surface area contributed by atoms with Gasteiger partial charge < -0.3 is 4.74 Å². The zero-order valence-corrected chi connectivity index (χ0v) is 18.7. The Hall–Kier alpha value is -1.57. The molecule has 31 heavy (non-hydrogen) atoms. The second-order valence-corrected chi connectivity index (χ2v) is 11.2. The van der Waals surface area contributed by atoms with Crippen LogP contribution in [0.5, 0.6) is 5.75 Å². The molecule has 0 atom stereocenters. The van der Waals surface area contributed by atoms with Gasteiger partial charge in [0, 0.05) is 36.2 Å². The zero-order chi connectivity index (χ0) is 23.0. The molecular weight excluding hydrogens is 504 g/mol. The third kappa shape index (κ3) is 5.62. The first-order valence-electron chi connectivity index (χ1n) is 8.61. The molecule has 1 aliphatic rings. The lowest BCUT2D eigenvalue weighted by Gasteiger charge is -2.33. The van der Waals surface area contributed by atoms with Gasteiger partial charge in [-0.3, -0.25) is 0 Å². The van der Waals surface area contributed by atoms with Crippen molar-refractivity contribution in [1.82, 2.24) is 8.61 Å². The molecule has 1 fully saturated rings. The summed E-state index contributed by atoms with van der Waals surface area (Å²) in [6.45, 7) is -0.532. The van der Waals surface area contributed by atoms with E-state index in [-0.39, 0.29) is 46.0 Å². The number of benzene rings is 2. The van der Waals surface area contributed by atoms with Crippen LogP contribution in [-0.4, -0.2) is 58.0 Å². The van der Waals surface area contributed by atoms with Gasteiger partial charge in [-0.05, 0) is 42.5 Å². The van der Waals surface area contributed by atoms with E-state index in [9.17, 15) is 30.0 Å². The lowest BCUT2D eigenvalue weighted by atomic mass is 10.3. The molecule has 3 rings (SSSR count). The van der Waals surface area contributed by atoms with E-state index in [0.717, 1.165) is 32.9 Å². The van der Waals surface area contributed by atoms with Crippen molar-refractivity contribution in [1.29, 1.82) is 0 Å². The van der Waals surface area contributed by atoms with Gasteiger partial charge in [0.1, 0.15) is 5.75 Å². The lowest BCUT2D eigenvalue weighted by molar-refractivity contribution is -0.274. The first kappa shape index (κ1) is 24.1. The minimum absolute atomic E-state index is 0.110. The zero-order valence-electron chi connectivity index (χ0n) is 15.5. The van der Waals surface area contributed by atoms with Crippen LogP contribution in [0.2, 0.25) is 10.0 Å². The SMILES string of the molecule is O=S(=O)(c1ccc(OC(F)(F)F)cc1)N1CCN(S(=O)(=O)c2cc(Cl)cc(Cl)c2)CC1. The molecule has 2 aromatic rings. The topological polar surface area (TPSA) is 84.0 Å². The van der Waals surface area contributed by atoms with Crippen LogP contribution in [0.25, 0.3) is 0 Å². The van der Waals surface area contributed by atoms with E-state index in [4.69, 9.17) is 23.2 Å². The lowest BCUT2D eigenvalue weighted by Crippen LogP contribution is -2.50. The molecule has 1 aliphatic heterocycles. The molecule has 1 saturated heterocycles. The molecule has 0 spiro atoms. The van der Waals surface area contributed by atoms with Crippen LogP contribution in [0, 0.1) is 0 Å². The smallest absolute Gasteiger partial charge is 0.406 e. The van der Waals surface area contributed by atoms with Crippen molar-refractivity contribution in [2.75, 3.05) is 26.2 Å². The van der Waals surface area contributed by atoms with Gasteiger partial charge in [0.2, 0.25) is 20.0 Å². The molecule has 1 heterocycles. The summed E-state index contributed by atoms with van der Waals surface area (Å²) < 4.78 is 93.8. The second-order valence-electron chi connectivity index (χ2n) is 6.43. The quantitative estimate of drug-likeness (QED) is 0.603. The molecule has 0 N–H and O–H groups in total. The van der Waals surface area contributed by atoms with E-state index < -0.39 is 32.2 Å². The fraction of sp³-hybridized carbons (Fsp3) is 0.294. The van der Waals surface area contributed by atoms with E-state index in [0.29, 0.717) is 0 Å². The standard InChI is InChI=1S/C17H15Cl2F3N2O5S2/c18-12-9-13(19)11-16(10-12)31(27,28)24-7-5-23(6-8-24)30(25,26)15-3-1-14(2-4-15)29-17(20,21)22/h1-4,9-11H,5-8H2. The summed E-state index contributed by atoms with van der Waals surface area (Å²) in [6, 6.07) is 7.65. The normalized spacial score (nSPS) is 16.9. The molecular formula is C17H15Cl2F3N2O5S2. The van der Waals surface area contributed by atoms with Gasteiger partial charge in [-0.1, -0.05) is 23.2 Å². The molecule has 0 radical (unpaired) electrons. The monoisotopic (exact) mass is 518 g/mol. The van der Waals surface area contributed by atoms with E-state index in [1.54, 1.807) is 0 Å². The largest absolute Gasteiger partial charge is 0.573 e. The van der Waals surface area contributed by atoms with Crippen molar-refractivity contribution in [2.24, 2.45) is 0 Å². The molecule has 0 unspecified atom stereocenters. The Bertz CT molecular complexity index is 1140. The van der Waals surface area contributed by atoms with E-state index in [1.807, 2.05) is 0 Å². The summed E-state index contributed by atoms with van der Waals surface area (Å²) >= 11 is 11.7. The van der Waals surface area contributed by atoms with Gasteiger partial charge in [-0.2, -0.15) is 8.61 Å². The number of hydrogen-bond donors (Lipinski definition) is 0. The van der Waals surface area contributed by atoms with Crippen molar-refractivity contribution in [2.45, 2.75) is 16.2 Å². The molecule has 170 valence electrons. The van der Waals surface area contributed by atoms with Crippen LogP contribution in [0.4, 0.5) is 13.2 Å². The number of piperazine rings is 1. The van der Waals surface area contributed by atoms with Crippen LogP contribution in [0.1, 0.15) is 0 Å². The summed E-state index contributed by atoms with van der Waals surface area (Å²) in [7, 11) is -7.98. The molecule has 0 aromatic heterocycles. The Kier molecular flexibility index (Phi) is 6.80. The van der Waals surface area contributed by atoms with Crippen molar-refractivity contribution in [3.8, 4) is 5.75 Å². The number of nitrogens with zero attached hydrogens (tertiary/aromatic N) is 2. The number of sulfonamides is 2. The van der Waals surface area contributed by atoms with Crippen LogP contribution in [0.15, 0.2) is 52.3 Å². The Morgan fingerprint density at radius 3 is 1.58 bits per heavy atom. The van der Waals surface area contributed by atoms with Crippen molar-refractivity contribution >= 4 is 43.2 Å². The number of rotatable bonds is 5. The van der Waals surface area contributed by atoms with Gasteiger partial charge in [-0.15, -0.1) is 13.2 Å². The number of hydrogen-bond acceptors (Lipinski definition) is 5. The Balaban J connectivity index is 1.72. The van der Waals surface area contributed by atoms with Crippen LogP contribution < -0.4 is 4.74 Å². The average molecular weight is 519 g/mol. The van der Waals surface area contributed by atoms with Gasteiger partial charge in [0.05, 0.1) is 9.79 Å². The third-order valence-corrected chi connectivity index (χ3v) is 8.59. The van der Waals surface area contributed by atoms with Crippen LogP contribution >= 0.6 is 23.2 Å². The minimum Gasteiger partial charge on any atom is -0.406 e. The van der Waals surface area contributed by atoms with Gasteiger partial charge in [-0.25, -0.2) is 16.8 Å². The maximum absolute atomic E-state index is 12.8. The number of ether oxygens (including phenoxy) is 1. The highest BCUT2D eigenvalue weighted by Gasteiger charge is 2.35. The molecule has 0 saturated carbocycles. The van der Waals surface area contributed by atoms with E-state index in [1.165, 1.54) is 18.2 Å². The van der Waals surface area contributed by atoms with Crippen LogP contribution in [0.3, 0.4) is 0 Å². The predicted octanol–water partition coefficient (Wildman–Crippen LogP) is 3.59. The summed E-state index contributed by atoms with van der Waals surface area (Å²) in [6.07, 6.45) is -4.89. The summed E-state index contributed by atoms with van der Waals surface area (Å²) in [5.41, 5.74) is 0. The third-order valence-electron chi connectivity index (χ3n) is 4.37. The molecule has 0 amide bonds. The predicted molar refractivity (Wildman–Crippen MR) is 107 cm³/mol. The maximum Gasteiger partial charge on any atom is 0.573 e. The highest BCUT2D eigenvalue weighted by atomic mass is 35.5. The van der Waals surface area contributed by atoms with Crippen molar-refractivity contribution in [3.05, 3.63) is 52.5 Å². The highest BCUT2D eigenvalue weighted by Crippen LogP contribution is 2.28. The fourth-order valence-electron chi connectivity index (χ4n) is 2.94. The van der Waals surface area contributed by atoms with Gasteiger partial charge in [0.15, 0.2) is 0 Å². The minimum atomic E-state index is -4.89. The van der Waals surface area contributed by atoms with Crippen LogP contribution in [-0.2, 0) is 20.0 Å². The number of alkyl halides is 3. The Morgan fingerprint density at radius 1 is 0.742 bits per heavy atom. The highest BCUT2D eigenvalue weighted by molar-refractivity contribution is 7.89. The summed E-state index contributed by atoms with van der Waals surface area (Å²) in [5.74, 6) is -0.553. The molecule has 7 nitrogen and oxygen atoms in total. The molecule has 2 aromatic carbocycles. The summed E-state index contributed by atoms with van der Waals surface area (Å²) in [4.78, 5) is -0.346. The fourth-order valence-corrected chi connectivity index (χ4v) is 6.51. The first-order chi connectivity index (χ1) is 14.3. The average Bonchev–Trinajstić information content (AvgIpc) is 2.66. The second kappa shape index (κ2) is 8.75. The maximum atomic E-state index is 12.8. The van der Waals surface area contributed by atoms with E-state index in [2.05, 4.69) is 4.74 Å².